The minimum absolute atomic E-state index is 0.273. The molecule has 0 aliphatic heterocycles. The Labute approximate surface area is 130 Å². The predicted octanol–water partition coefficient (Wildman–Crippen LogP) is 1.86. The van der Waals surface area contributed by atoms with Crippen LogP contribution in [-0.2, 0) is 11.2 Å². The van der Waals surface area contributed by atoms with Crippen LogP contribution in [0.4, 0.5) is 0 Å². The van der Waals surface area contributed by atoms with Gasteiger partial charge in [-0.3, -0.25) is 9.69 Å². The third-order valence-electron chi connectivity index (χ3n) is 3.43. The number of nitrogens with zero attached hydrogens (tertiary/aromatic N) is 3. The van der Waals surface area contributed by atoms with E-state index in [0.29, 0.717) is 18.1 Å². The average molecular weight is 302 g/mol. The third-order valence-corrected chi connectivity index (χ3v) is 3.43. The van der Waals surface area contributed by atoms with Gasteiger partial charge in [-0.1, -0.05) is 35.5 Å². The second-order valence-electron chi connectivity index (χ2n) is 5.51. The van der Waals surface area contributed by atoms with E-state index in [4.69, 9.17) is 10.3 Å². The zero-order chi connectivity index (χ0) is 15.9. The molecular formula is C16H22N4O2. The van der Waals surface area contributed by atoms with Gasteiger partial charge in [0, 0.05) is 18.0 Å². The SMILES string of the molecule is CC(C)N(CCCc1nc(-c2ccccc2)no1)CC(N)=O. The first-order chi connectivity index (χ1) is 10.6. The lowest BCUT2D eigenvalue weighted by Gasteiger charge is -2.24. The van der Waals surface area contributed by atoms with Gasteiger partial charge in [-0.05, 0) is 26.8 Å². The third kappa shape index (κ3) is 4.66. The molecule has 6 heteroatoms. The summed E-state index contributed by atoms with van der Waals surface area (Å²) in [5.74, 6) is 0.910. The van der Waals surface area contributed by atoms with E-state index in [1.807, 2.05) is 49.1 Å². The molecule has 1 heterocycles. The van der Waals surface area contributed by atoms with Gasteiger partial charge in [0.05, 0.1) is 6.54 Å². The molecule has 0 radical (unpaired) electrons. The van der Waals surface area contributed by atoms with Crippen molar-refractivity contribution in [3.8, 4) is 11.4 Å². The summed E-state index contributed by atoms with van der Waals surface area (Å²) in [6, 6.07) is 9.99. The molecule has 1 aromatic heterocycles. The molecule has 0 unspecified atom stereocenters. The highest BCUT2D eigenvalue weighted by Gasteiger charge is 2.13. The van der Waals surface area contributed by atoms with Crippen LogP contribution in [0.3, 0.4) is 0 Å². The number of hydrogen-bond acceptors (Lipinski definition) is 5. The molecule has 0 bridgehead atoms. The number of carbonyl (C=O) groups is 1. The fourth-order valence-electron chi connectivity index (χ4n) is 2.21. The summed E-state index contributed by atoms with van der Waals surface area (Å²) in [5.41, 5.74) is 6.20. The van der Waals surface area contributed by atoms with Crippen molar-refractivity contribution in [2.45, 2.75) is 32.7 Å². The number of hydrogen-bond donors (Lipinski definition) is 1. The largest absolute Gasteiger partial charge is 0.369 e. The number of nitrogens with two attached hydrogens (primary N) is 1. The lowest BCUT2D eigenvalue weighted by atomic mass is 10.2. The Balaban J connectivity index is 1.87. The van der Waals surface area contributed by atoms with E-state index in [-0.39, 0.29) is 18.5 Å². The van der Waals surface area contributed by atoms with Gasteiger partial charge in [-0.25, -0.2) is 0 Å². The molecule has 22 heavy (non-hydrogen) atoms. The van der Waals surface area contributed by atoms with Crippen molar-refractivity contribution in [1.29, 1.82) is 0 Å². The molecule has 0 spiro atoms. The maximum atomic E-state index is 11.0. The molecule has 1 aromatic carbocycles. The van der Waals surface area contributed by atoms with Crippen LogP contribution in [0.5, 0.6) is 0 Å². The number of primary amides is 1. The molecular weight excluding hydrogens is 280 g/mol. The molecule has 118 valence electrons. The first-order valence-corrected chi connectivity index (χ1v) is 7.46. The molecule has 1 amide bonds. The number of amides is 1. The van der Waals surface area contributed by atoms with E-state index in [9.17, 15) is 4.79 Å². The minimum Gasteiger partial charge on any atom is -0.369 e. The van der Waals surface area contributed by atoms with Gasteiger partial charge >= 0.3 is 0 Å². The van der Waals surface area contributed by atoms with Crippen LogP contribution >= 0.6 is 0 Å². The molecule has 0 saturated heterocycles. The van der Waals surface area contributed by atoms with Crippen LogP contribution in [0, 0.1) is 0 Å². The first-order valence-electron chi connectivity index (χ1n) is 7.46. The standard InChI is InChI=1S/C16H22N4O2/c1-12(2)20(11-14(17)21)10-6-9-15-18-16(19-22-15)13-7-4-3-5-8-13/h3-5,7-8,12H,6,9-11H2,1-2H3,(H2,17,21). The van der Waals surface area contributed by atoms with Crippen molar-refractivity contribution < 1.29 is 9.32 Å². The van der Waals surface area contributed by atoms with Crippen LogP contribution in [0.2, 0.25) is 0 Å². The Morgan fingerprint density at radius 1 is 1.32 bits per heavy atom. The fraction of sp³-hybridized carbons (Fsp3) is 0.438. The van der Waals surface area contributed by atoms with Crippen molar-refractivity contribution >= 4 is 5.91 Å². The summed E-state index contributed by atoms with van der Waals surface area (Å²) < 4.78 is 5.27. The number of rotatable bonds is 8. The van der Waals surface area contributed by atoms with Crippen LogP contribution < -0.4 is 5.73 Å². The van der Waals surface area contributed by atoms with Gasteiger partial charge < -0.3 is 10.3 Å². The van der Waals surface area contributed by atoms with E-state index in [0.717, 1.165) is 18.5 Å². The average Bonchev–Trinajstić information content (AvgIpc) is 2.95. The molecule has 2 N–H and O–H groups in total. The van der Waals surface area contributed by atoms with Crippen LogP contribution in [0.25, 0.3) is 11.4 Å². The predicted molar refractivity (Wildman–Crippen MR) is 84.0 cm³/mol. The highest BCUT2D eigenvalue weighted by Crippen LogP contribution is 2.15. The molecule has 0 fully saturated rings. The Hall–Kier alpha value is -2.21. The lowest BCUT2D eigenvalue weighted by Crippen LogP contribution is -2.39. The summed E-state index contributed by atoms with van der Waals surface area (Å²) in [6.07, 6.45) is 1.52. The van der Waals surface area contributed by atoms with Crippen molar-refractivity contribution in [3.63, 3.8) is 0 Å². The zero-order valence-corrected chi connectivity index (χ0v) is 13.0. The van der Waals surface area contributed by atoms with Crippen LogP contribution in [-0.4, -0.2) is 40.1 Å². The summed E-state index contributed by atoms with van der Waals surface area (Å²) >= 11 is 0. The molecule has 2 aromatic rings. The highest BCUT2D eigenvalue weighted by atomic mass is 16.5. The number of aromatic nitrogens is 2. The summed E-state index contributed by atoms with van der Waals surface area (Å²) in [4.78, 5) is 17.5. The van der Waals surface area contributed by atoms with E-state index < -0.39 is 0 Å². The normalized spacial score (nSPS) is 11.3. The summed E-state index contributed by atoms with van der Waals surface area (Å²) in [5, 5.41) is 3.99. The Morgan fingerprint density at radius 2 is 2.05 bits per heavy atom. The fourth-order valence-corrected chi connectivity index (χ4v) is 2.21. The number of carbonyl (C=O) groups excluding carboxylic acids is 1. The minimum atomic E-state index is -0.308. The van der Waals surface area contributed by atoms with Crippen molar-refractivity contribution in [1.82, 2.24) is 15.0 Å². The molecule has 0 aliphatic rings. The monoisotopic (exact) mass is 302 g/mol. The van der Waals surface area contributed by atoms with Crippen LogP contribution in [0.15, 0.2) is 34.9 Å². The van der Waals surface area contributed by atoms with E-state index >= 15 is 0 Å². The van der Waals surface area contributed by atoms with Gasteiger partial charge in [0.25, 0.3) is 0 Å². The molecule has 0 aliphatic carbocycles. The maximum absolute atomic E-state index is 11.0. The number of benzene rings is 1. The Kier molecular flexibility index (Phi) is 5.66. The molecule has 6 nitrogen and oxygen atoms in total. The van der Waals surface area contributed by atoms with Crippen molar-refractivity contribution in [2.75, 3.05) is 13.1 Å². The quantitative estimate of drug-likeness (QED) is 0.804. The molecule has 2 rings (SSSR count). The first kappa shape index (κ1) is 16.2. The van der Waals surface area contributed by atoms with E-state index in [2.05, 4.69) is 10.1 Å². The van der Waals surface area contributed by atoms with E-state index in [1.165, 1.54) is 0 Å². The van der Waals surface area contributed by atoms with Gasteiger partial charge in [0.15, 0.2) is 0 Å². The smallest absolute Gasteiger partial charge is 0.231 e. The Morgan fingerprint density at radius 3 is 2.68 bits per heavy atom. The van der Waals surface area contributed by atoms with Crippen molar-refractivity contribution in [2.24, 2.45) is 5.73 Å². The molecule has 0 saturated carbocycles. The van der Waals surface area contributed by atoms with Gasteiger partial charge in [0.2, 0.25) is 17.6 Å². The molecule has 0 atom stereocenters. The van der Waals surface area contributed by atoms with Gasteiger partial charge in [-0.2, -0.15) is 4.98 Å². The zero-order valence-electron chi connectivity index (χ0n) is 13.0. The maximum Gasteiger partial charge on any atom is 0.231 e. The summed E-state index contributed by atoms with van der Waals surface area (Å²) in [7, 11) is 0. The lowest BCUT2D eigenvalue weighted by molar-refractivity contribution is -0.119. The Bertz CT molecular complexity index is 595. The van der Waals surface area contributed by atoms with Gasteiger partial charge in [-0.15, -0.1) is 0 Å². The highest BCUT2D eigenvalue weighted by molar-refractivity contribution is 5.75. The summed E-state index contributed by atoms with van der Waals surface area (Å²) in [6.45, 7) is 5.13. The topological polar surface area (TPSA) is 85.2 Å². The van der Waals surface area contributed by atoms with Gasteiger partial charge in [0.1, 0.15) is 0 Å². The second-order valence-corrected chi connectivity index (χ2v) is 5.51. The van der Waals surface area contributed by atoms with E-state index in [1.54, 1.807) is 0 Å². The van der Waals surface area contributed by atoms with Crippen LogP contribution in [0.1, 0.15) is 26.2 Å². The second kappa shape index (κ2) is 7.70. The van der Waals surface area contributed by atoms with Crippen molar-refractivity contribution in [3.05, 3.63) is 36.2 Å². The number of aryl methyl sites for hydroxylation is 1.